The van der Waals surface area contributed by atoms with E-state index in [1.807, 2.05) is 74.5 Å². The van der Waals surface area contributed by atoms with Crippen molar-refractivity contribution in [3.05, 3.63) is 101 Å². The first-order chi connectivity index (χ1) is 18.8. The molecular weight excluding hydrogens is 552 g/mol. The smallest absolute Gasteiger partial charge is 0.367 e. The number of methoxy groups -OCH3 is 1. The van der Waals surface area contributed by atoms with E-state index in [4.69, 9.17) is 17.0 Å². The summed E-state index contributed by atoms with van der Waals surface area (Å²) in [5.74, 6) is 0. The molecule has 0 saturated carbocycles. The van der Waals surface area contributed by atoms with E-state index in [9.17, 15) is 26.3 Å². The number of benzene rings is 3. The fourth-order valence-electron chi connectivity index (χ4n) is 4.69. The number of thiocarbonyl (C=S) groups is 1. The van der Waals surface area contributed by atoms with Crippen molar-refractivity contribution in [3.8, 4) is 0 Å². The van der Waals surface area contributed by atoms with Crippen LogP contribution in [0.1, 0.15) is 36.1 Å². The number of anilines is 1. The van der Waals surface area contributed by atoms with Gasteiger partial charge in [-0.2, -0.15) is 26.3 Å². The number of likely N-dealkylation sites (N-methyl/N-ethyl adjacent to an activating group) is 1. The van der Waals surface area contributed by atoms with Gasteiger partial charge < -0.3 is 20.3 Å². The van der Waals surface area contributed by atoms with Crippen LogP contribution >= 0.6 is 12.2 Å². The van der Waals surface area contributed by atoms with Crippen molar-refractivity contribution in [1.29, 1.82) is 0 Å². The number of halogens is 6. The molecule has 11 heteroatoms. The molecule has 3 rings (SSSR count). The van der Waals surface area contributed by atoms with Gasteiger partial charge in [0.2, 0.25) is 0 Å². The van der Waals surface area contributed by atoms with Crippen molar-refractivity contribution < 1.29 is 31.1 Å². The first kappa shape index (κ1) is 31.4. The van der Waals surface area contributed by atoms with Gasteiger partial charge in [-0.05, 0) is 54.6 Å². The van der Waals surface area contributed by atoms with E-state index < -0.39 is 40.8 Å². The number of alkyl halides is 6. The third-order valence-corrected chi connectivity index (χ3v) is 6.92. The SMILES string of the molecule is CCN(CC)C[C@H](NC(=S)Nc1cc(C(F)(F)F)cc(C(F)(F)F)c1)C(OC)(c1ccccc1)c1ccccc1. The van der Waals surface area contributed by atoms with E-state index in [0.29, 0.717) is 31.8 Å². The molecule has 0 fully saturated rings. The summed E-state index contributed by atoms with van der Waals surface area (Å²) in [6.45, 7) is 5.72. The largest absolute Gasteiger partial charge is 0.416 e. The zero-order chi connectivity index (χ0) is 29.6. The highest BCUT2D eigenvalue weighted by Gasteiger charge is 2.44. The van der Waals surface area contributed by atoms with Crippen molar-refractivity contribution in [2.75, 3.05) is 32.1 Å². The van der Waals surface area contributed by atoms with E-state index in [1.165, 1.54) is 0 Å². The Morgan fingerprint density at radius 1 is 0.775 bits per heavy atom. The molecule has 0 radical (unpaired) electrons. The second kappa shape index (κ2) is 13.0. The minimum Gasteiger partial charge on any atom is -0.367 e. The first-order valence-electron chi connectivity index (χ1n) is 12.6. The van der Waals surface area contributed by atoms with E-state index in [0.717, 1.165) is 11.1 Å². The number of nitrogens with zero attached hydrogens (tertiary/aromatic N) is 1. The zero-order valence-corrected chi connectivity index (χ0v) is 23.1. The highest BCUT2D eigenvalue weighted by molar-refractivity contribution is 7.80. The van der Waals surface area contributed by atoms with Crippen molar-refractivity contribution in [2.45, 2.75) is 37.8 Å². The summed E-state index contributed by atoms with van der Waals surface area (Å²) in [7, 11) is 1.55. The number of nitrogens with one attached hydrogen (secondary N) is 2. The third-order valence-electron chi connectivity index (χ3n) is 6.70. The normalized spacial score (nSPS) is 13.2. The van der Waals surface area contributed by atoms with Crippen LogP contribution in [0.5, 0.6) is 0 Å². The average Bonchev–Trinajstić information content (AvgIpc) is 2.92. The van der Waals surface area contributed by atoms with E-state index >= 15 is 0 Å². The van der Waals surface area contributed by atoms with Gasteiger partial charge in [0.15, 0.2) is 5.11 Å². The number of hydrogen-bond acceptors (Lipinski definition) is 3. The lowest BCUT2D eigenvalue weighted by atomic mass is 9.79. The van der Waals surface area contributed by atoms with Gasteiger partial charge in [0.1, 0.15) is 5.60 Å². The quantitative estimate of drug-likeness (QED) is 0.193. The third kappa shape index (κ3) is 7.32. The van der Waals surface area contributed by atoms with Crippen LogP contribution in [-0.2, 0) is 22.7 Å². The molecule has 0 spiro atoms. The van der Waals surface area contributed by atoms with Gasteiger partial charge in [0.05, 0.1) is 17.2 Å². The Balaban J connectivity index is 2.08. The highest BCUT2D eigenvalue weighted by atomic mass is 32.1. The van der Waals surface area contributed by atoms with E-state index in [2.05, 4.69) is 15.5 Å². The Morgan fingerprint density at radius 2 is 1.23 bits per heavy atom. The molecule has 0 aliphatic heterocycles. The molecule has 0 saturated heterocycles. The molecule has 0 unspecified atom stereocenters. The molecular formula is C29H31F6N3OS. The van der Waals surface area contributed by atoms with E-state index in [1.54, 1.807) is 7.11 Å². The average molecular weight is 584 g/mol. The molecule has 4 nitrogen and oxygen atoms in total. The lowest BCUT2D eigenvalue weighted by molar-refractivity contribution is -0.143. The van der Waals surface area contributed by atoms with Gasteiger partial charge in [-0.25, -0.2) is 0 Å². The molecule has 0 heterocycles. The van der Waals surface area contributed by atoms with Crippen LogP contribution in [0, 0.1) is 0 Å². The van der Waals surface area contributed by atoms with Gasteiger partial charge >= 0.3 is 12.4 Å². The van der Waals surface area contributed by atoms with Gasteiger partial charge in [0.25, 0.3) is 0 Å². The Morgan fingerprint density at radius 3 is 1.60 bits per heavy atom. The first-order valence-corrected chi connectivity index (χ1v) is 13.0. The molecule has 2 N–H and O–H groups in total. The molecule has 0 aliphatic carbocycles. The van der Waals surface area contributed by atoms with Crippen LogP contribution in [-0.4, -0.2) is 42.8 Å². The predicted molar refractivity (Wildman–Crippen MR) is 148 cm³/mol. The monoisotopic (exact) mass is 583 g/mol. The molecule has 0 aromatic heterocycles. The summed E-state index contributed by atoms with van der Waals surface area (Å²) in [5, 5.41) is 5.56. The minimum absolute atomic E-state index is 0.0750. The fraction of sp³-hybridized carbons (Fsp3) is 0.345. The molecule has 0 bridgehead atoms. The summed E-state index contributed by atoms with van der Waals surface area (Å²) in [6, 6.07) is 19.4. The maximum absolute atomic E-state index is 13.4. The predicted octanol–water partition coefficient (Wildman–Crippen LogP) is 7.31. The van der Waals surface area contributed by atoms with Gasteiger partial charge in [-0.15, -0.1) is 0 Å². The van der Waals surface area contributed by atoms with Gasteiger partial charge in [-0.1, -0.05) is 74.5 Å². The molecule has 1 atom stereocenters. The fourth-order valence-corrected chi connectivity index (χ4v) is 4.95. The van der Waals surface area contributed by atoms with Crippen LogP contribution in [0.2, 0.25) is 0 Å². The minimum atomic E-state index is -4.98. The second-order valence-electron chi connectivity index (χ2n) is 9.10. The molecule has 216 valence electrons. The van der Waals surface area contributed by atoms with Crippen molar-refractivity contribution >= 4 is 23.0 Å². The van der Waals surface area contributed by atoms with Crippen LogP contribution in [0.25, 0.3) is 0 Å². The van der Waals surface area contributed by atoms with Crippen LogP contribution in [0.15, 0.2) is 78.9 Å². The topological polar surface area (TPSA) is 36.5 Å². The van der Waals surface area contributed by atoms with Crippen LogP contribution in [0.4, 0.5) is 32.0 Å². The van der Waals surface area contributed by atoms with E-state index in [-0.39, 0.29) is 11.2 Å². The van der Waals surface area contributed by atoms with Crippen molar-refractivity contribution in [2.24, 2.45) is 0 Å². The highest BCUT2D eigenvalue weighted by Crippen LogP contribution is 2.39. The standard InChI is InChI=1S/C29H31F6N3OS/c1-4-38(5-2)19-25(27(39-3,20-12-8-6-9-13-20)21-14-10-7-11-15-21)37-26(40)36-24-17-22(28(30,31)32)16-23(18-24)29(33,34)35/h6-18,25H,4-5,19H2,1-3H3,(H2,36,37,40)/t25-/m0/s1. The number of hydrogen-bond donors (Lipinski definition) is 2. The van der Waals surface area contributed by atoms with Crippen LogP contribution in [0.3, 0.4) is 0 Å². The summed E-state index contributed by atoms with van der Waals surface area (Å²) in [5.41, 5.74) is -2.87. The summed E-state index contributed by atoms with van der Waals surface area (Å²) >= 11 is 5.47. The summed E-state index contributed by atoms with van der Waals surface area (Å²) in [6.07, 6.45) is -9.96. The number of rotatable bonds is 10. The maximum Gasteiger partial charge on any atom is 0.416 e. The lowest BCUT2D eigenvalue weighted by Gasteiger charge is -2.43. The molecule has 3 aromatic carbocycles. The zero-order valence-electron chi connectivity index (χ0n) is 22.2. The lowest BCUT2D eigenvalue weighted by Crippen LogP contribution is -2.58. The summed E-state index contributed by atoms with van der Waals surface area (Å²) < 4.78 is 86.8. The Labute approximate surface area is 235 Å². The molecule has 0 aliphatic rings. The van der Waals surface area contributed by atoms with Gasteiger partial charge in [0, 0.05) is 19.3 Å². The second-order valence-corrected chi connectivity index (χ2v) is 9.51. The Hall–Kier alpha value is -3.15. The molecule has 40 heavy (non-hydrogen) atoms. The van der Waals surface area contributed by atoms with Crippen LogP contribution < -0.4 is 10.6 Å². The van der Waals surface area contributed by atoms with Gasteiger partial charge in [-0.3, -0.25) is 0 Å². The Bertz CT molecular complexity index is 1180. The summed E-state index contributed by atoms with van der Waals surface area (Å²) in [4.78, 5) is 2.12. The maximum atomic E-state index is 13.4. The van der Waals surface area contributed by atoms with Crippen molar-refractivity contribution in [1.82, 2.24) is 10.2 Å². The number of ether oxygens (including phenoxy) is 1. The molecule has 0 amide bonds. The van der Waals surface area contributed by atoms with Crippen molar-refractivity contribution in [3.63, 3.8) is 0 Å². The Kier molecular flexibility index (Phi) is 10.2. The molecule has 3 aromatic rings.